The topological polar surface area (TPSA) is 271 Å². The van der Waals surface area contributed by atoms with Crippen LogP contribution in [0.2, 0.25) is 0 Å². The van der Waals surface area contributed by atoms with Gasteiger partial charge in [-0.15, -0.1) is 0 Å². The van der Waals surface area contributed by atoms with Gasteiger partial charge in [-0.05, 0) is 85.2 Å². The second kappa shape index (κ2) is 24.5. The molecular formula is C47H69N7O11S2. The predicted molar refractivity (Wildman–Crippen MR) is 254 cm³/mol. The van der Waals surface area contributed by atoms with Crippen molar-refractivity contribution in [3.63, 3.8) is 0 Å². The fourth-order valence-electron chi connectivity index (χ4n) is 8.08. The number of sulfonamides is 2. The molecule has 18 nitrogen and oxygen atoms in total. The highest BCUT2D eigenvalue weighted by Crippen LogP contribution is 2.34. The Balaban J connectivity index is 0.000000359. The first kappa shape index (κ1) is 54.9. The van der Waals surface area contributed by atoms with E-state index in [0.29, 0.717) is 44.8 Å². The first-order valence-corrected chi connectivity index (χ1v) is 25.5. The monoisotopic (exact) mass is 971 g/mol. The van der Waals surface area contributed by atoms with Crippen molar-refractivity contribution < 1.29 is 45.9 Å². The van der Waals surface area contributed by atoms with E-state index in [1.165, 1.54) is 24.3 Å². The van der Waals surface area contributed by atoms with Crippen LogP contribution < -0.4 is 16.8 Å². The normalized spacial score (nSPS) is 18.4. The number of nitrogens with zero attached hydrogens (tertiary/aromatic N) is 4. The Morgan fingerprint density at radius 1 is 0.940 bits per heavy atom. The Bertz CT molecular complexity index is 2350. The molecule has 0 bridgehead atoms. The van der Waals surface area contributed by atoms with Gasteiger partial charge in [0.1, 0.15) is 6.10 Å². The smallest absolute Gasteiger partial charge is 0.407 e. The van der Waals surface area contributed by atoms with Crippen molar-refractivity contribution in [2.45, 2.75) is 114 Å². The van der Waals surface area contributed by atoms with E-state index in [1.807, 2.05) is 44.2 Å². The molecule has 0 spiro atoms. The van der Waals surface area contributed by atoms with Crippen LogP contribution in [0.5, 0.6) is 0 Å². The summed E-state index contributed by atoms with van der Waals surface area (Å²) in [6, 6.07) is 21.4. The molecule has 5 atom stereocenters. The summed E-state index contributed by atoms with van der Waals surface area (Å²) in [5, 5.41) is 34.8. The molecule has 370 valence electrons. The molecule has 1 amide bonds. The van der Waals surface area contributed by atoms with Gasteiger partial charge in [-0.1, -0.05) is 84.0 Å². The van der Waals surface area contributed by atoms with E-state index >= 15 is 0 Å². The van der Waals surface area contributed by atoms with E-state index in [1.54, 1.807) is 36.4 Å². The van der Waals surface area contributed by atoms with Crippen molar-refractivity contribution >= 4 is 37.5 Å². The molecule has 2 fully saturated rings. The van der Waals surface area contributed by atoms with Gasteiger partial charge >= 0.3 is 6.09 Å². The number of non-ortho nitro benzene ring substituents is 1. The summed E-state index contributed by atoms with van der Waals surface area (Å²) < 4.78 is 73.2. The maximum atomic E-state index is 13.9. The highest BCUT2D eigenvalue weighted by Gasteiger charge is 2.44. The fraction of sp³-hybridized carbons (Fsp3) is 0.574. The minimum Gasteiger partial charge on any atom is -0.443 e. The third kappa shape index (κ3) is 16.5. The number of nitrogen functional groups attached to an aromatic ring is 1. The van der Waals surface area contributed by atoms with Gasteiger partial charge in [-0.2, -0.15) is 13.9 Å². The molecule has 2 saturated heterocycles. The lowest BCUT2D eigenvalue weighted by Gasteiger charge is -2.34. The van der Waals surface area contributed by atoms with E-state index < -0.39 is 73.3 Å². The molecule has 0 saturated carbocycles. The van der Waals surface area contributed by atoms with Crippen LogP contribution in [0.3, 0.4) is 0 Å². The Labute approximate surface area is 396 Å². The van der Waals surface area contributed by atoms with Crippen LogP contribution >= 0.6 is 0 Å². The van der Waals surface area contributed by atoms with Crippen LogP contribution in [-0.2, 0) is 40.7 Å². The van der Waals surface area contributed by atoms with Crippen LogP contribution in [0.1, 0.15) is 79.2 Å². The summed E-state index contributed by atoms with van der Waals surface area (Å²) in [6.45, 7) is 13.6. The summed E-state index contributed by atoms with van der Waals surface area (Å²) in [4.78, 5) is 23.7. The molecule has 3 aromatic carbocycles. The first-order valence-electron chi connectivity index (χ1n) is 22.6. The maximum absolute atomic E-state index is 13.9. The van der Waals surface area contributed by atoms with E-state index in [0.717, 1.165) is 28.8 Å². The zero-order valence-corrected chi connectivity index (χ0v) is 41.1. The molecule has 20 heteroatoms. The number of rotatable bonds is 23. The largest absolute Gasteiger partial charge is 0.443 e. The van der Waals surface area contributed by atoms with Gasteiger partial charge in [0.15, 0.2) is 6.29 Å². The quantitative estimate of drug-likeness (QED) is 0.0478. The zero-order valence-electron chi connectivity index (χ0n) is 39.5. The third-order valence-electron chi connectivity index (χ3n) is 11.6. The van der Waals surface area contributed by atoms with Gasteiger partial charge in [0.05, 0.1) is 52.1 Å². The van der Waals surface area contributed by atoms with E-state index in [4.69, 9.17) is 30.9 Å². The first-order chi connectivity index (χ1) is 31.5. The van der Waals surface area contributed by atoms with Gasteiger partial charge in [0.2, 0.25) is 20.0 Å². The summed E-state index contributed by atoms with van der Waals surface area (Å²) in [5.41, 5.74) is 11.4. The second-order valence-corrected chi connectivity index (χ2v) is 23.0. The summed E-state index contributed by atoms with van der Waals surface area (Å²) in [7, 11) is -7.92. The molecule has 5 rings (SSSR count). The van der Waals surface area contributed by atoms with Crippen molar-refractivity contribution in [1.82, 2.24) is 13.9 Å². The van der Waals surface area contributed by atoms with E-state index in [9.17, 15) is 36.9 Å². The number of carbonyl (C=O) groups is 1. The molecular weight excluding hydrogens is 903 g/mol. The van der Waals surface area contributed by atoms with Gasteiger partial charge in [0.25, 0.3) is 5.69 Å². The number of nitrogens with one attached hydrogen (secondary N) is 1. The number of benzene rings is 3. The summed E-state index contributed by atoms with van der Waals surface area (Å²) in [6.07, 6.45) is 0.0420. The van der Waals surface area contributed by atoms with Gasteiger partial charge in [-0.3, -0.25) is 10.1 Å². The van der Waals surface area contributed by atoms with Crippen LogP contribution in [0.15, 0.2) is 88.7 Å². The number of aliphatic hydroxyl groups is 1. The Morgan fingerprint density at radius 2 is 1.55 bits per heavy atom. The van der Waals surface area contributed by atoms with Crippen LogP contribution in [0.4, 0.5) is 16.2 Å². The molecule has 6 N–H and O–H groups in total. The third-order valence-corrected chi connectivity index (χ3v) is 15.2. The minimum atomic E-state index is -4.36. The maximum Gasteiger partial charge on any atom is 0.407 e. The molecule has 2 heterocycles. The van der Waals surface area contributed by atoms with Crippen molar-refractivity contribution in [3.05, 3.63) is 94.5 Å². The number of hydrogen-bond donors (Lipinski definition) is 4. The van der Waals surface area contributed by atoms with E-state index in [2.05, 4.69) is 25.2 Å². The number of fused-ring (bicyclic) bond motifs is 1. The van der Waals surface area contributed by atoms with Gasteiger partial charge in [-0.25, -0.2) is 21.6 Å². The fourth-order valence-corrected chi connectivity index (χ4v) is 11.6. The number of carbonyl (C=O) groups excluding carboxylic acids is 1. The lowest BCUT2D eigenvalue weighted by molar-refractivity contribution is -0.385. The number of ether oxygens (including phenoxy) is 3. The second-order valence-electron chi connectivity index (χ2n) is 19.2. The molecule has 0 radical (unpaired) electrons. The highest BCUT2D eigenvalue weighted by molar-refractivity contribution is 7.89. The summed E-state index contributed by atoms with van der Waals surface area (Å²) in [5.74, 6) is 0.153. The van der Waals surface area contributed by atoms with Crippen molar-refractivity contribution in [1.29, 1.82) is 5.26 Å². The number of anilines is 1. The molecule has 2 aliphatic rings. The van der Waals surface area contributed by atoms with Crippen molar-refractivity contribution in [2.75, 3.05) is 51.7 Å². The standard InChI is InChI=1S/C30H38N4O9S.C17H31N3O2S/c1-30(2,13-7-14-31)20-33(44(39,40)23-11-6-10-22(17-23)34(37)38)18-26(35)25(16-21-8-4-3-5-9-21)32-29(36)43-27-19-42-28-24(27)12-15-41-28;1-14(2)12-20(13-17(3,4)9-6-10-18)23(21,22)16-8-5-7-15(19)11-16/h3-6,8-11,17,24-28,35H,7,12-13,15-16,18-20H2,1-2H3,(H,32,36);5,7-8,11,14H,6,9-10,12-13,18-19H2,1-4H3/t24-,25-,26+,27-,28+;/m0./s1. The van der Waals surface area contributed by atoms with E-state index in [-0.39, 0.29) is 53.0 Å². The number of nitro groups is 1. The number of amides is 1. The van der Waals surface area contributed by atoms with Crippen LogP contribution in [0.25, 0.3) is 0 Å². The van der Waals surface area contributed by atoms with Crippen molar-refractivity contribution in [3.8, 4) is 6.07 Å². The average molecular weight is 972 g/mol. The van der Waals surface area contributed by atoms with Gasteiger partial charge < -0.3 is 36.1 Å². The Hall–Kier alpha value is -4.72. The number of nitriles is 1. The Kier molecular flexibility index (Phi) is 20.1. The number of nitro benzene ring substituents is 1. The lowest BCUT2D eigenvalue weighted by atomic mass is 9.87. The molecule has 0 aliphatic carbocycles. The van der Waals surface area contributed by atoms with Crippen molar-refractivity contribution in [2.24, 2.45) is 28.4 Å². The number of alkyl carbamates (subject to hydrolysis) is 1. The van der Waals surface area contributed by atoms with Crippen LogP contribution in [0, 0.1) is 44.1 Å². The SMILES string of the molecule is CC(C)(CCC#N)CN(C[C@@H](O)[C@H](Cc1ccccc1)NC(=O)O[C@H]1CO[C@H]2OCC[C@H]21)S(=O)(=O)c1cccc([N+](=O)[O-])c1.CC(C)CN(CC(C)(C)CCCN)S(=O)(=O)c1cccc(N)c1. The Morgan fingerprint density at radius 3 is 2.15 bits per heavy atom. The average Bonchev–Trinajstić information content (AvgIpc) is 3.90. The molecule has 67 heavy (non-hydrogen) atoms. The zero-order chi connectivity index (χ0) is 49.6. The summed E-state index contributed by atoms with van der Waals surface area (Å²) >= 11 is 0. The number of nitrogens with two attached hydrogens (primary N) is 2. The minimum absolute atomic E-state index is 0.0931. The molecule has 0 unspecified atom stereocenters. The predicted octanol–water partition coefficient (Wildman–Crippen LogP) is 6.06. The number of aliphatic hydroxyl groups excluding tert-OH is 1. The van der Waals surface area contributed by atoms with Gasteiger partial charge in [0, 0.05) is 50.4 Å². The lowest BCUT2D eigenvalue weighted by Crippen LogP contribution is -2.52. The molecule has 0 aromatic heterocycles. The molecule has 3 aromatic rings. The molecule has 2 aliphatic heterocycles. The number of hydrogen-bond acceptors (Lipinski definition) is 14. The highest BCUT2D eigenvalue weighted by atomic mass is 32.2. The van der Waals surface area contributed by atoms with Crippen LogP contribution in [-0.4, -0.2) is 112 Å².